The summed E-state index contributed by atoms with van der Waals surface area (Å²) in [6.45, 7) is 3.51. The van der Waals surface area contributed by atoms with Crippen LogP contribution in [0.1, 0.15) is 12.8 Å². The number of hydrogen-bond acceptors (Lipinski definition) is 4. The maximum Gasteiger partial charge on any atom is 0.410 e. The van der Waals surface area contributed by atoms with Gasteiger partial charge in [0, 0.05) is 6.42 Å². The first-order valence-corrected chi connectivity index (χ1v) is 4.91. The van der Waals surface area contributed by atoms with E-state index in [2.05, 4.69) is 11.3 Å². The number of nitrogens with zero attached hydrogens (tertiary/aromatic N) is 1. The summed E-state index contributed by atoms with van der Waals surface area (Å²) >= 11 is 0. The van der Waals surface area contributed by atoms with Crippen molar-refractivity contribution in [3.8, 4) is 0 Å². The van der Waals surface area contributed by atoms with Gasteiger partial charge in [-0.25, -0.2) is 9.59 Å². The van der Waals surface area contributed by atoms with Gasteiger partial charge in [-0.15, -0.1) is 6.58 Å². The van der Waals surface area contributed by atoms with Crippen LogP contribution in [-0.2, 0) is 9.53 Å². The van der Waals surface area contributed by atoms with Crippen LogP contribution in [0.15, 0.2) is 12.7 Å². The van der Waals surface area contributed by atoms with Crippen LogP contribution >= 0.6 is 0 Å². The van der Waals surface area contributed by atoms with Crippen molar-refractivity contribution in [2.75, 3.05) is 7.11 Å². The molecule has 90 valence electrons. The van der Waals surface area contributed by atoms with Gasteiger partial charge in [0.05, 0.1) is 19.3 Å². The van der Waals surface area contributed by atoms with Gasteiger partial charge < -0.3 is 14.9 Å². The summed E-state index contributed by atoms with van der Waals surface area (Å²) in [6.07, 6.45) is 0.283. The van der Waals surface area contributed by atoms with Crippen molar-refractivity contribution in [1.29, 1.82) is 0 Å². The van der Waals surface area contributed by atoms with Crippen molar-refractivity contribution in [1.82, 2.24) is 4.90 Å². The van der Waals surface area contributed by atoms with Crippen LogP contribution in [0.4, 0.5) is 4.79 Å². The second-order valence-corrected chi connectivity index (χ2v) is 3.63. The fraction of sp³-hybridized carbons (Fsp3) is 0.600. The number of hydrogen-bond donors (Lipinski definition) is 2. The molecular weight excluding hydrogens is 214 g/mol. The molecule has 0 aromatic heterocycles. The van der Waals surface area contributed by atoms with Gasteiger partial charge in [-0.1, -0.05) is 6.08 Å². The SMILES string of the molecule is C=CCC1[C@H](O)C[C@@H](C(=O)O)N1C(=O)OC. The Labute approximate surface area is 93.1 Å². The average molecular weight is 229 g/mol. The maximum atomic E-state index is 11.5. The van der Waals surface area contributed by atoms with Crippen LogP contribution < -0.4 is 0 Å². The van der Waals surface area contributed by atoms with Crippen LogP contribution in [0, 0.1) is 0 Å². The maximum absolute atomic E-state index is 11.5. The highest BCUT2D eigenvalue weighted by Gasteiger charge is 2.46. The second kappa shape index (κ2) is 4.98. The minimum absolute atomic E-state index is 0.0168. The molecule has 0 bridgehead atoms. The first kappa shape index (κ1) is 12.5. The summed E-state index contributed by atoms with van der Waals surface area (Å²) in [5, 5.41) is 18.6. The van der Waals surface area contributed by atoms with Crippen molar-refractivity contribution in [3.63, 3.8) is 0 Å². The number of aliphatic hydroxyl groups is 1. The molecule has 1 saturated heterocycles. The van der Waals surface area contributed by atoms with E-state index >= 15 is 0 Å². The Morgan fingerprint density at radius 1 is 1.62 bits per heavy atom. The van der Waals surface area contributed by atoms with E-state index in [1.165, 1.54) is 13.2 Å². The van der Waals surface area contributed by atoms with Crippen LogP contribution in [0.25, 0.3) is 0 Å². The zero-order valence-electron chi connectivity index (χ0n) is 9.00. The van der Waals surface area contributed by atoms with Gasteiger partial charge in [0.15, 0.2) is 0 Å². The van der Waals surface area contributed by atoms with E-state index in [0.717, 1.165) is 4.90 Å². The number of carboxylic acids is 1. The number of likely N-dealkylation sites (tertiary alicyclic amines) is 1. The van der Waals surface area contributed by atoms with Crippen molar-refractivity contribution in [2.24, 2.45) is 0 Å². The van der Waals surface area contributed by atoms with Crippen LogP contribution in [-0.4, -0.2) is 52.5 Å². The number of rotatable bonds is 3. The lowest BCUT2D eigenvalue weighted by molar-refractivity contribution is -0.142. The number of carbonyl (C=O) groups is 2. The summed E-state index contributed by atoms with van der Waals surface area (Å²) in [5.74, 6) is -1.14. The Morgan fingerprint density at radius 2 is 2.25 bits per heavy atom. The molecule has 1 heterocycles. The summed E-state index contributed by atoms with van der Waals surface area (Å²) in [7, 11) is 1.18. The molecule has 0 saturated carbocycles. The molecule has 0 spiro atoms. The zero-order chi connectivity index (χ0) is 12.3. The molecule has 16 heavy (non-hydrogen) atoms. The molecule has 6 nitrogen and oxygen atoms in total. The third-order valence-corrected chi connectivity index (χ3v) is 2.68. The van der Waals surface area contributed by atoms with Gasteiger partial charge in [-0.2, -0.15) is 0 Å². The molecule has 0 radical (unpaired) electrons. The molecular formula is C10H15NO5. The van der Waals surface area contributed by atoms with Gasteiger partial charge in [0.2, 0.25) is 0 Å². The Hall–Kier alpha value is -1.56. The minimum atomic E-state index is -1.14. The predicted octanol–water partition coefficient (Wildman–Crippen LogP) is 0.217. The average Bonchev–Trinajstić information content (AvgIpc) is 2.56. The summed E-state index contributed by atoms with van der Waals surface area (Å²) in [5.41, 5.74) is 0. The molecule has 6 heteroatoms. The van der Waals surface area contributed by atoms with Gasteiger partial charge in [-0.05, 0) is 6.42 Å². The second-order valence-electron chi connectivity index (χ2n) is 3.63. The third-order valence-electron chi connectivity index (χ3n) is 2.68. The Balaban J connectivity index is 2.94. The molecule has 1 aliphatic heterocycles. The molecule has 0 aliphatic carbocycles. The highest BCUT2D eigenvalue weighted by Crippen LogP contribution is 2.28. The highest BCUT2D eigenvalue weighted by atomic mass is 16.5. The van der Waals surface area contributed by atoms with Gasteiger partial charge in [-0.3, -0.25) is 4.90 Å². The number of amides is 1. The van der Waals surface area contributed by atoms with E-state index in [-0.39, 0.29) is 6.42 Å². The van der Waals surface area contributed by atoms with Crippen molar-refractivity contribution in [3.05, 3.63) is 12.7 Å². The van der Waals surface area contributed by atoms with Crippen LogP contribution in [0.2, 0.25) is 0 Å². The number of aliphatic carboxylic acids is 1. The Kier molecular flexibility index (Phi) is 3.89. The molecule has 3 atom stereocenters. The lowest BCUT2D eigenvalue weighted by atomic mass is 10.1. The van der Waals surface area contributed by atoms with Crippen LogP contribution in [0.3, 0.4) is 0 Å². The molecule has 2 N–H and O–H groups in total. The van der Waals surface area contributed by atoms with E-state index in [0.29, 0.717) is 6.42 Å². The third kappa shape index (κ3) is 2.16. The summed E-state index contributed by atoms with van der Waals surface area (Å²) in [6, 6.07) is -1.61. The lowest BCUT2D eigenvalue weighted by Gasteiger charge is -2.26. The van der Waals surface area contributed by atoms with E-state index in [9.17, 15) is 14.7 Å². The molecule has 0 aromatic carbocycles. The van der Waals surface area contributed by atoms with Gasteiger partial charge in [0.1, 0.15) is 6.04 Å². The lowest BCUT2D eigenvalue weighted by Crippen LogP contribution is -2.46. The number of carboxylic acid groups (broad SMARTS) is 1. The number of methoxy groups -OCH3 is 1. The number of ether oxygens (including phenoxy) is 1. The van der Waals surface area contributed by atoms with E-state index in [1.54, 1.807) is 0 Å². The fourth-order valence-corrected chi connectivity index (χ4v) is 1.95. The quantitative estimate of drug-likeness (QED) is 0.676. The van der Waals surface area contributed by atoms with Crippen molar-refractivity contribution in [2.45, 2.75) is 31.0 Å². The largest absolute Gasteiger partial charge is 0.480 e. The molecule has 1 aliphatic rings. The Morgan fingerprint density at radius 3 is 2.69 bits per heavy atom. The van der Waals surface area contributed by atoms with E-state index in [1.807, 2.05) is 0 Å². The fourth-order valence-electron chi connectivity index (χ4n) is 1.95. The number of aliphatic hydroxyl groups excluding tert-OH is 1. The Bertz CT molecular complexity index is 304. The van der Waals surface area contributed by atoms with E-state index in [4.69, 9.17) is 5.11 Å². The van der Waals surface area contributed by atoms with Crippen molar-refractivity contribution >= 4 is 12.1 Å². The molecule has 1 fully saturated rings. The first-order chi connectivity index (χ1) is 7.52. The molecule has 1 amide bonds. The monoisotopic (exact) mass is 229 g/mol. The zero-order valence-corrected chi connectivity index (χ0v) is 9.00. The number of carbonyl (C=O) groups excluding carboxylic acids is 1. The summed E-state index contributed by atoms with van der Waals surface area (Å²) < 4.78 is 4.52. The first-order valence-electron chi connectivity index (χ1n) is 4.91. The summed E-state index contributed by atoms with van der Waals surface area (Å²) in [4.78, 5) is 23.5. The normalized spacial score (nSPS) is 28.9. The standard InChI is InChI=1S/C10H15NO5/c1-3-4-6-8(12)5-7(9(13)14)11(6)10(15)16-2/h3,6-8,12H,1,4-5H2,2H3,(H,13,14)/t6?,7-,8+/m0/s1. The topological polar surface area (TPSA) is 87.1 Å². The minimum Gasteiger partial charge on any atom is -0.480 e. The van der Waals surface area contributed by atoms with Gasteiger partial charge >= 0.3 is 12.1 Å². The van der Waals surface area contributed by atoms with Gasteiger partial charge in [0.25, 0.3) is 0 Å². The van der Waals surface area contributed by atoms with E-state index < -0.39 is 30.3 Å². The highest BCUT2D eigenvalue weighted by molar-refractivity contribution is 5.81. The molecule has 1 rings (SSSR count). The smallest absolute Gasteiger partial charge is 0.410 e. The predicted molar refractivity (Wildman–Crippen MR) is 54.9 cm³/mol. The van der Waals surface area contributed by atoms with Crippen molar-refractivity contribution < 1.29 is 24.5 Å². The molecule has 0 aromatic rings. The van der Waals surface area contributed by atoms with Crippen LogP contribution in [0.5, 0.6) is 0 Å². The molecule has 1 unspecified atom stereocenters.